The van der Waals surface area contributed by atoms with Crippen LogP contribution in [0.4, 0.5) is 0 Å². The molecule has 0 spiro atoms. The summed E-state index contributed by atoms with van der Waals surface area (Å²) in [6.07, 6.45) is 2.35. The summed E-state index contributed by atoms with van der Waals surface area (Å²) in [5, 5.41) is 0. The molecule has 0 bridgehead atoms. The molecule has 0 aromatic heterocycles. The van der Waals surface area contributed by atoms with Crippen molar-refractivity contribution in [2.75, 3.05) is 13.3 Å². The van der Waals surface area contributed by atoms with Crippen LogP contribution < -0.4 is 0 Å². The number of carbonyl (C=O) groups is 1. The van der Waals surface area contributed by atoms with Crippen LogP contribution in [0.15, 0.2) is 53.4 Å². The lowest BCUT2D eigenvalue weighted by Crippen LogP contribution is -2.29. The SMILES string of the molecule is Cc1cccc(CCC(=O)N(C)C(C)c2ccc(S(C)(=O)=O)cc2)c1. The van der Waals surface area contributed by atoms with E-state index in [2.05, 4.69) is 6.07 Å². The van der Waals surface area contributed by atoms with Crippen LogP contribution in [0.25, 0.3) is 0 Å². The molecule has 0 aliphatic heterocycles. The normalized spacial score (nSPS) is 12.6. The summed E-state index contributed by atoms with van der Waals surface area (Å²) in [7, 11) is -1.42. The Kier molecular flexibility index (Phi) is 6.01. The van der Waals surface area contributed by atoms with Crippen molar-refractivity contribution < 1.29 is 13.2 Å². The number of sulfone groups is 1. The lowest BCUT2D eigenvalue weighted by atomic mass is 10.0. The van der Waals surface area contributed by atoms with Crippen molar-refractivity contribution in [2.24, 2.45) is 0 Å². The van der Waals surface area contributed by atoms with Gasteiger partial charge in [0.2, 0.25) is 5.91 Å². The van der Waals surface area contributed by atoms with Crippen LogP contribution in [0.2, 0.25) is 0 Å². The molecule has 0 fully saturated rings. The third kappa shape index (κ3) is 5.16. The van der Waals surface area contributed by atoms with Crippen LogP contribution in [0.3, 0.4) is 0 Å². The number of hydrogen-bond acceptors (Lipinski definition) is 3. The molecule has 0 N–H and O–H groups in total. The highest BCUT2D eigenvalue weighted by Crippen LogP contribution is 2.22. The zero-order valence-corrected chi connectivity index (χ0v) is 16.0. The van der Waals surface area contributed by atoms with Crippen LogP contribution in [0, 0.1) is 6.92 Å². The Morgan fingerprint density at radius 3 is 2.32 bits per heavy atom. The predicted octanol–water partition coefficient (Wildman–Crippen LogP) is 3.55. The van der Waals surface area contributed by atoms with E-state index in [1.54, 1.807) is 36.2 Å². The molecule has 1 atom stereocenters. The van der Waals surface area contributed by atoms with Crippen molar-refractivity contribution in [1.29, 1.82) is 0 Å². The molecule has 0 aliphatic carbocycles. The van der Waals surface area contributed by atoms with Gasteiger partial charge in [-0.05, 0) is 43.5 Å². The Morgan fingerprint density at radius 2 is 1.76 bits per heavy atom. The van der Waals surface area contributed by atoms with Crippen molar-refractivity contribution in [3.63, 3.8) is 0 Å². The second-order valence-electron chi connectivity index (χ2n) is 6.51. The van der Waals surface area contributed by atoms with Crippen LogP contribution >= 0.6 is 0 Å². The third-order valence-corrected chi connectivity index (χ3v) is 5.60. The highest BCUT2D eigenvalue weighted by Gasteiger charge is 2.18. The monoisotopic (exact) mass is 359 g/mol. The summed E-state index contributed by atoms with van der Waals surface area (Å²) >= 11 is 0. The summed E-state index contributed by atoms with van der Waals surface area (Å²) in [6, 6.07) is 14.8. The van der Waals surface area contributed by atoms with Crippen LogP contribution in [0.5, 0.6) is 0 Å². The molecule has 2 aromatic carbocycles. The van der Waals surface area contributed by atoms with Gasteiger partial charge in [0, 0.05) is 19.7 Å². The van der Waals surface area contributed by atoms with Gasteiger partial charge in [-0.1, -0.05) is 42.0 Å². The van der Waals surface area contributed by atoms with Gasteiger partial charge in [-0.3, -0.25) is 4.79 Å². The maximum atomic E-state index is 12.5. The molecule has 0 heterocycles. The Morgan fingerprint density at radius 1 is 1.12 bits per heavy atom. The smallest absolute Gasteiger partial charge is 0.223 e. The summed E-state index contributed by atoms with van der Waals surface area (Å²) in [6.45, 7) is 3.99. The number of amides is 1. The van der Waals surface area contributed by atoms with Gasteiger partial charge in [0.25, 0.3) is 0 Å². The quantitative estimate of drug-likeness (QED) is 0.792. The number of carbonyl (C=O) groups excluding carboxylic acids is 1. The standard InChI is InChI=1S/C20H25NO3S/c1-15-6-5-7-17(14-15)8-13-20(22)21(3)16(2)18-9-11-19(12-10-18)25(4,23)24/h5-7,9-12,14,16H,8,13H2,1-4H3. The largest absolute Gasteiger partial charge is 0.339 e. The Balaban J connectivity index is 2.01. The highest BCUT2D eigenvalue weighted by molar-refractivity contribution is 7.90. The Hall–Kier alpha value is -2.14. The van der Waals surface area contributed by atoms with Crippen molar-refractivity contribution in [3.05, 3.63) is 65.2 Å². The lowest BCUT2D eigenvalue weighted by molar-refractivity contribution is -0.131. The molecule has 5 heteroatoms. The van der Waals surface area contributed by atoms with Gasteiger partial charge in [0.05, 0.1) is 10.9 Å². The Bertz CT molecular complexity index is 841. The Labute approximate surface area is 150 Å². The van der Waals surface area contributed by atoms with Crippen LogP contribution in [-0.4, -0.2) is 32.5 Å². The van der Waals surface area contributed by atoms with Gasteiger partial charge in [-0.2, -0.15) is 0 Å². The molecule has 0 saturated carbocycles. The summed E-state index contributed by atoms with van der Waals surface area (Å²) in [5.74, 6) is 0.0706. The first-order chi connectivity index (χ1) is 11.7. The number of rotatable bonds is 6. The van der Waals surface area contributed by atoms with E-state index in [9.17, 15) is 13.2 Å². The molecular weight excluding hydrogens is 334 g/mol. The molecule has 1 unspecified atom stereocenters. The summed E-state index contributed by atoms with van der Waals surface area (Å²) < 4.78 is 23.1. The molecule has 0 saturated heterocycles. The van der Waals surface area contributed by atoms with Crippen LogP contribution in [-0.2, 0) is 21.1 Å². The summed E-state index contributed by atoms with van der Waals surface area (Å²) in [4.78, 5) is 14.5. The second-order valence-corrected chi connectivity index (χ2v) is 8.53. The first kappa shape index (κ1) is 19.2. The minimum absolute atomic E-state index is 0.0706. The zero-order valence-electron chi connectivity index (χ0n) is 15.2. The number of hydrogen-bond donors (Lipinski definition) is 0. The van der Waals surface area contributed by atoms with Gasteiger partial charge < -0.3 is 4.90 Å². The van der Waals surface area contributed by atoms with Crippen LogP contribution in [0.1, 0.15) is 36.1 Å². The van der Waals surface area contributed by atoms with Crippen molar-refractivity contribution in [1.82, 2.24) is 4.90 Å². The van der Waals surface area contributed by atoms with E-state index in [0.717, 1.165) is 11.1 Å². The summed E-state index contributed by atoms with van der Waals surface area (Å²) in [5.41, 5.74) is 3.27. The molecule has 0 aliphatic rings. The second kappa shape index (κ2) is 7.83. The molecule has 134 valence electrons. The average molecular weight is 359 g/mol. The maximum absolute atomic E-state index is 12.5. The van der Waals surface area contributed by atoms with E-state index in [0.29, 0.717) is 12.8 Å². The molecule has 1 amide bonds. The predicted molar refractivity (Wildman–Crippen MR) is 100 cm³/mol. The molecule has 0 radical (unpaired) electrons. The van der Waals surface area contributed by atoms with Crippen molar-refractivity contribution in [3.8, 4) is 0 Å². The topological polar surface area (TPSA) is 54.5 Å². The van der Waals surface area contributed by atoms with Gasteiger partial charge in [-0.25, -0.2) is 8.42 Å². The molecular formula is C20H25NO3S. The van der Waals surface area contributed by atoms with E-state index >= 15 is 0 Å². The fourth-order valence-electron chi connectivity index (χ4n) is 2.73. The fraction of sp³-hybridized carbons (Fsp3) is 0.350. The molecule has 4 nitrogen and oxygen atoms in total. The molecule has 2 aromatic rings. The molecule has 2 rings (SSSR count). The van der Waals surface area contributed by atoms with Gasteiger partial charge in [0.15, 0.2) is 9.84 Å². The van der Waals surface area contributed by atoms with Gasteiger partial charge >= 0.3 is 0 Å². The van der Waals surface area contributed by atoms with E-state index in [1.807, 2.05) is 32.0 Å². The van der Waals surface area contributed by atoms with Gasteiger partial charge in [0.1, 0.15) is 0 Å². The minimum atomic E-state index is -3.21. The average Bonchev–Trinajstić information content (AvgIpc) is 2.58. The molecule has 25 heavy (non-hydrogen) atoms. The van der Waals surface area contributed by atoms with E-state index in [4.69, 9.17) is 0 Å². The fourth-order valence-corrected chi connectivity index (χ4v) is 3.36. The zero-order chi connectivity index (χ0) is 18.6. The van der Waals surface area contributed by atoms with E-state index in [-0.39, 0.29) is 16.8 Å². The highest BCUT2D eigenvalue weighted by atomic mass is 32.2. The van der Waals surface area contributed by atoms with Crippen molar-refractivity contribution >= 4 is 15.7 Å². The van der Waals surface area contributed by atoms with Crippen molar-refractivity contribution in [2.45, 2.75) is 37.6 Å². The van der Waals surface area contributed by atoms with E-state index in [1.165, 1.54) is 11.8 Å². The van der Waals surface area contributed by atoms with E-state index < -0.39 is 9.84 Å². The first-order valence-corrected chi connectivity index (χ1v) is 10.2. The first-order valence-electron chi connectivity index (χ1n) is 8.29. The number of nitrogens with zero attached hydrogens (tertiary/aromatic N) is 1. The minimum Gasteiger partial charge on any atom is -0.339 e. The number of aryl methyl sites for hydroxylation is 2. The number of benzene rings is 2. The van der Waals surface area contributed by atoms with Gasteiger partial charge in [-0.15, -0.1) is 0 Å². The maximum Gasteiger partial charge on any atom is 0.223 e. The third-order valence-electron chi connectivity index (χ3n) is 4.48. The lowest BCUT2D eigenvalue weighted by Gasteiger charge is -2.25.